The van der Waals surface area contributed by atoms with Gasteiger partial charge in [0, 0.05) is 17.8 Å². The highest BCUT2D eigenvalue weighted by atomic mass is 32.1. The highest BCUT2D eigenvalue weighted by Crippen LogP contribution is 2.14. The Morgan fingerprint density at radius 1 is 1.29 bits per heavy atom. The minimum Gasteiger partial charge on any atom is -0.314 e. The second kappa shape index (κ2) is 8.30. The Labute approximate surface area is 132 Å². The van der Waals surface area contributed by atoms with Gasteiger partial charge >= 0.3 is 0 Å². The highest BCUT2D eigenvalue weighted by Gasteiger charge is 2.11. The molecule has 0 aliphatic carbocycles. The van der Waals surface area contributed by atoms with E-state index in [2.05, 4.69) is 60.7 Å². The van der Waals surface area contributed by atoms with E-state index in [1.54, 1.807) is 11.3 Å². The van der Waals surface area contributed by atoms with Gasteiger partial charge in [-0.05, 0) is 45.2 Å². The van der Waals surface area contributed by atoms with E-state index in [-0.39, 0.29) is 0 Å². The van der Waals surface area contributed by atoms with E-state index in [0.717, 1.165) is 24.4 Å². The van der Waals surface area contributed by atoms with Crippen LogP contribution in [0.25, 0.3) is 0 Å². The van der Waals surface area contributed by atoms with Gasteiger partial charge in [-0.25, -0.2) is 4.98 Å². The zero-order chi connectivity index (χ0) is 15.1. The molecule has 21 heavy (non-hydrogen) atoms. The SMILES string of the molecule is CCCNC(CCc1cccc(C)c1)Cc1csc(C)n1. The Hall–Kier alpha value is -1.19. The van der Waals surface area contributed by atoms with Gasteiger partial charge in [0.1, 0.15) is 0 Å². The van der Waals surface area contributed by atoms with E-state index in [4.69, 9.17) is 0 Å². The highest BCUT2D eigenvalue weighted by molar-refractivity contribution is 7.09. The number of thiazole rings is 1. The molecule has 0 bridgehead atoms. The minimum atomic E-state index is 0.520. The van der Waals surface area contributed by atoms with Gasteiger partial charge in [-0.2, -0.15) is 0 Å². The average Bonchev–Trinajstić information content (AvgIpc) is 2.87. The zero-order valence-electron chi connectivity index (χ0n) is 13.4. The maximum Gasteiger partial charge on any atom is 0.0897 e. The molecule has 3 heteroatoms. The molecule has 2 nitrogen and oxygen atoms in total. The van der Waals surface area contributed by atoms with Crippen molar-refractivity contribution >= 4 is 11.3 Å². The lowest BCUT2D eigenvalue weighted by molar-refractivity contribution is 0.474. The van der Waals surface area contributed by atoms with Crippen LogP contribution < -0.4 is 5.32 Å². The van der Waals surface area contributed by atoms with Crippen molar-refractivity contribution in [3.05, 3.63) is 51.5 Å². The van der Waals surface area contributed by atoms with Crippen molar-refractivity contribution in [2.45, 2.75) is 52.5 Å². The number of nitrogens with one attached hydrogen (secondary N) is 1. The predicted octanol–water partition coefficient (Wildman–Crippen LogP) is 4.30. The second-order valence-electron chi connectivity index (χ2n) is 5.74. The lowest BCUT2D eigenvalue weighted by Gasteiger charge is -2.17. The van der Waals surface area contributed by atoms with Crippen molar-refractivity contribution in [3.8, 4) is 0 Å². The van der Waals surface area contributed by atoms with E-state index < -0.39 is 0 Å². The molecule has 1 atom stereocenters. The van der Waals surface area contributed by atoms with E-state index in [9.17, 15) is 0 Å². The summed E-state index contributed by atoms with van der Waals surface area (Å²) in [7, 11) is 0. The summed E-state index contributed by atoms with van der Waals surface area (Å²) < 4.78 is 0. The summed E-state index contributed by atoms with van der Waals surface area (Å²) in [5.74, 6) is 0. The van der Waals surface area contributed by atoms with Crippen LogP contribution in [0.15, 0.2) is 29.6 Å². The number of aryl methyl sites for hydroxylation is 3. The van der Waals surface area contributed by atoms with Gasteiger partial charge in [-0.15, -0.1) is 11.3 Å². The summed E-state index contributed by atoms with van der Waals surface area (Å²) in [6.07, 6.45) is 4.51. The van der Waals surface area contributed by atoms with Gasteiger partial charge in [0.05, 0.1) is 10.7 Å². The quantitative estimate of drug-likeness (QED) is 0.786. The molecule has 0 aliphatic rings. The minimum absolute atomic E-state index is 0.520. The molecule has 0 amide bonds. The van der Waals surface area contributed by atoms with E-state index in [1.165, 1.54) is 29.7 Å². The van der Waals surface area contributed by atoms with Gasteiger partial charge in [0.15, 0.2) is 0 Å². The molecule has 1 aromatic heterocycles. The average molecular weight is 302 g/mol. The molecule has 0 fully saturated rings. The van der Waals surface area contributed by atoms with Gasteiger partial charge in [-0.3, -0.25) is 0 Å². The zero-order valence-corrected chi connectivity index (χ0v) is 14.2. The molecule has 1 N–H and O–H groups in total. The number of hydrogen-bond donors (Lipinski definition) is 1. The lowest BCUT2D eigenvalue weighted by Crippen LogP contribution is -2.32. The topological polar surface area (TPSA) is 24.9 Å². The largest absolute Gasteiger partial charge is 0.314 e. The Morgan fingerprint density at radius 2 is 2.14 bits per heavy atom. The Balaban J connectivity index is 1.92. The van der Waals surface area contributed by atoms with Crippen LogP contribution in [-0.4, -0.2) is 17.6 Å². The molecule has 2 rings (SSSR count). The molecular weight excluding hydrogens is 276 g/mol. The Kier molecular flexibility index (Phi) is 6.40. The van der Waals surface area contributed by atoms with Gasteiger partial charge in [-0.1, -0.05) is 36.8 Å². The van der Waals surface area contributed by atoms with Gasteiger partial charge in [0.2, 0.25) is 0 Å². The van der Waals surface area contributed by atoms with Crippen LogP contribution in [0.2, 0.25) is 0 Å². The maximum atomic E-state index is 4.61. The fourth-order valence-corrected chi connectivity index (χ4v) is 3.21. The molecule has 1 aromatic carbocycles. The van der Waals surface area contributed by atoms with Crippen LogP contribution in [0.3, 0.4) is 0 Å². The van der Waals surface area contributed by atoms with Crippen molar-refractivity contribution in [3.63, 3.8) is 0 Å². The molecule has 0 saturated carbocycles. The summed E-state index contributed by atoms with van der Waals surface area (Å²) in [6, 6.07) is 9.37. The molecule has 0 spiro atoms. The third-order valence-corrected chi connectivity index (χ3v) is 4.49. The van der Waals surface area contributed by atoms with Crippen molar-refractivity contribution in [1.82, 2.24) is 10.3 Å². The molecule has 114 valence electrons. The Bertz CT molecular complexity index is 548. The predicted molar refractivity (Wildman–Crippen MR) is 92.1 cm³/mol. The first-order valence-corrected chi connectivity index (χ1v) is 8.75. The summed E-state index contributed by atoms with van der Waals surface area (Å²) in [5, 5.41) is 7.04. The fraction of sp³-hybridized carbons (Fsp3) is 0.500. The first kappa shape index (κ1) is 16.2. The van der Waals surface area contributed by atoms with Crippen molar-refractivity contribution in [2.24, 2.45) is 0 Å². The first-order valence-electron chi connectivity index (χ1n) is 7.87. The fourth-order valence-electron chi connectivity index (χ4n) is 2.59. The van der Waals surface area contributed by atoms with Gasteiger partial charge in [0.25, 0.3) is 0 Å². The van der Waals surface area contributed by atoms with Crippen molar-refractivity contribution in [1.29, 1.82) is 0 Å². The van der Waals surface area contributed by atoms with Crippen molar-refractivity contribution < 1.29 is 0 Å². The number of rotatable bonds is 8. The van der Waals surface area contributed by atoms with Crippen LogP contribution in [-0.2, 0) is 12.8 Å². The summed E-state index contributed by atoms with van der Waals surface area (Å²) in [6.45, 7) is 7.54. The van der Waals surface area contributed by atoms with Crippen LogP contribution in [0.1, 0.15) is 41.6 Å². The summed E-state index contributed by atoms with van der Waals surface area (Å²) in [5.41, 5.74) is 4.02. The van der Waals surface area contributed by atoms with Crippen LogP contribution in [0.4, 0.5) is 0 Å². The molecule has 1 heterocycles. The summed E-state index contributed by atoms with van der Waals surface area (Å²) in [4.78, 5) is 4.61. The summed E-state index contributed by atoms with van der Waals surface area (Å²) >= 11 is 1.75. The number of hydrogen-bond acceptors (Lipinski definition) is 3. The maximum absolute atomic E-state index is 4.61. The molecule has 0 saturated heterocycles. The molecular formula is C18H26N2S. The number of nitrogens with zero attached hydrogens (tertiary/aromatic N) is 1. The van der Waals surface area contributed by atoms with E-state index in [0.29, 0.717) is 6.04 Å². The third kappa shape index (κ3) is 5.60. The molecule has 1 unspecified atom stereocenters. The van der Waals surface area contributed by atoms with Crippen LogP contribution >= 0.6 is 11.3 Å². The van der Waals surface area contributed by atoms with E-state index >= 15 is 0 Å². The number of benzene rings is 1. The third-order valence-electron chi connectivity index (χ3n) is 3.67. The monoisotopic (exact) mass is 302 g/mol. The normalized spacial score (nSPS) is 12.5. The second-order valence-corrected chi connectivity index (χ2v) is 6.80. The number of aromatic nitrogens is 1. The Morgan fingerprint density at radius 3 is 2.81 bits per heavy atom. The van der Waals surface area contributed by atoms with Gasteiger partial charge < -0.3 is 5.32 Å². The van der Waals surface area contributed by atoms with Crippen molar-refractivity contribution in [2.75, 3.05) is 6.54 Å². The molecule has 0 aliphatic heterocycles. The van der Waals surface area contributed by atoms with E-state index in [1.807, 2.05) is 0 Å². The van der Waals surface area contributed by atoms with Crippen LogP contribution in [0, 0.1) is 13.8 Å². The molecule has 2 aromatic rings. The lowest BCUT2D eigenvalue weighted by atomic mass is 10.0. The standard InChI is InChI=1S/C18H26N2S/c1-4-10-19-17(12-18-13-21-15(3)20-18)9-8-16-7-5-6-14(2)11-16/h5-7,11,13,17,19H,4,8-10,12H2,1-3H3. The van der Waals surface area contributed by atoms with Crippen LogP contribution in [0.5, 0.6) is 0 Å². The first-order chi connectivity index (χ1) is 10.2. The molecule has 0 radical (unpaired) electrons. The smallest absolute Gasteiger partial charge is 0.0897 e.